The highest BCUT2D eigenvalue weighted by Crippen LogP contribution is 2.69. The number of benzene rings is 3. The number of halogens is 2. The number of carbonyl (C=O) groups excluding carboxylic acids is 3. The van der Waals surface area contributed by atoms with Crippen molar-refractivity contribution in [1.29, 1.82) is 0 Å². The fourth-order valence-electron chi connectivity index (χ4n) is 7.97. The fraction of sp³-hybridized carbons (Fsp3) is 0.273. The van der Waals surface area contributed by atoms with Crippen molar-refractivity contribution >= 4 is 63.8 Å². The zero-order valence-corrected chi connectivity index (χ0v) is 25.8. The predicted molar refractivity (Wildman–Crippen MR) is 169 cm³/mol. The first-order valence-corrected chi connectivity index (χ1v) is 16.7. The topological polar surface area (TPSA) is 109 Å². The normalized spacial score (nSPS) is 27.7. The maximum atomic E-state index is 13.9. The van der Waals surface area contributed by atoms with Gasteiger partial charge in [-0.1, -0.05) is 41.1 Å². The average molecular weight is 662 g/mol. The van der Waals surface area contributed by atoms with E-state index in [4.69, 9.17) is 16.3 Å². The van der Waals surface area contributed by atoms with Gasteiger partial charge in [-0.2, -0.15) is 0 Å². The van der Waals surface area contributed by atoms with E-state index in [1.165, 1.54) is 29.2 Å². The number of hydrogen-bond acceptors (Lipinski definition) is 7. The fourth-order valence-corrected chi connectivity index (χ4v) is 11.0. The van der Waals surface area contributed by atoms with Gasteiger partial charge in [0.25, 0.3) is 5.91 Å². The maximum Gasteiger partial charge on any atom is 0.305 e. The van der Waals surface area contributed by atoms with Gasteiger partial charge >= 0.3 is 4.87 Å². The Morgan fingerprint density at radius 1 is 1.00 bits per heavy atom. The van der Waals surface area contributed by atoms with E-state index >= 15 is 0 Å². The number of aromatic amines is 1. The molecule has 2 saturated carbocycles. The molecule has 1 saturated heterocycles. The molecule has 2 bridgehead atoms. The molecule has 4 aliphatic rings. The molecule has 4 aromatic rings. The number of hydrogen-bond donors (Lipinski definition) is 2. The zero-order valence-electron chi connectivity index (χ0n) is 23.4. The third kappa shape index (κ3) is 4.62. The molecule has 3 heterocycles. The molecular formula is C33H25ClFN3O5S2. The third-order valence-corrected chi connectivity index (χ3v) is 12.4. The number of amides is 3. The van der Waals surface area contributed by atoms with Crippen LogP contribution in [-0.4, -0.2) is 34.6 Å². The Kier molecular flexibility index (Phi) is 6.88. The number of thioether (sulfide) groups is 1. The number of rotatable bonds is 6. The highest BCUT2D eigenvalue weighted by atomic mass is 35.5. The van der Waals surface area contributed by atoms with Crippen LogP contribution in [0.3, 0.4) is 0 Å². The highest BCUT2D eigenvalue weighted by Gasteiger charge is 2.69. The third-order valence-electron chi connectivity index (χ3n) is 9.53. The zero-order chi connectivity index (χ0) is 31.0. The van der Waals surface area contributed by atoms with E-state index in [-0.39, 0.29) is 58.1 Å². The standard InChI is InChI=1S/C33H25ClFN3O5S2/c34-15-6-11-22(43-14-23(39)36-17-4-2-1-3-5-17)19(12-15)24-25-20-13-21(28(25)44-30-29(24)45-33(42)37-30)27-26(20)31(40)38(32(27)41)18-9-7-16(35)8-10-18/h1-12,20-21,24-28H,13-14H2,(H,36,39)(H,37,42)/t20?,21?,24-,25?,26?,27?,28?/m1/s1. The first kappa shape index (κ1) is 28.5. The molecule has 2 N–H and O–H groups in total. The number of anilines is 2. The molecule has 8 rings (SSSR count). The Hall–Kier alpha value is -3.93. The number of H-pyrrole nitrogens is 1. The summed E-state index contributed by atoms with van der Waals surface area (Å²) in [5.41, 5.74) is 1.76. The minimum atomic E-state index is -0.519. The minimum absolute atomic E-state index is 0.0443. The van der Waals surface area contributed by atoms with E-state index in [1.807, 2.05) is 24.3 Å². The van der Waals surface area contributed by atoms with Crippen molar-refractivity contribution in [1.82, 2.24) is 4.98 Å². The van der Waals surface area contributed by atoms with Crippen LogP contribution in [0.15, 0.2) is 82.6 Å². The smallest absolute Gasteiger partial charge is 0.305 e. The van der Waals surface area contributed by atoms with Crippen LogP contribution in [0.5, 0.6) is 5.75 Å². The van der Waals surface area contributed by atoms with Crippen molar-refractivity contribution in [3.63, 3.8) is 0 Å². The van der Waals surface area contributed by atoms with Gasteiger partial charge in [0.05, 0.1) is 22.5 Å². The number of thiazole rings is 1. The predicted octanol–water partition coefficient (Wildman–Crippen LogP) is 5.92. The molecule has 3 aromatic carbocycles. The van der Waals surface area contributed by atoms with Gasteiger partial charge in [0.1, 0.15) is 11.6 Å². The van der Waals surface area contributed by atoms with Gasteiger partial charge in [-0.25, -0.2) is 4.39 Å². The molecule has 2 aliphatic carbocycles. The Morgan fingerprint density at radius 2 is 1.73 bits per heavy atom. The van der Waals surface area contributed by atoms with Gasteiger partial charge in [-0.05, 0) is 78.8 Å². The first-order valence-electron chi connectivity index (χ1n) is 14.6. The van der Waals surface area contributed by atoms with E-state index in [1.54, 1.807) is 36.0 Å². The summed E-state index contributed by atoms with van der Waals surface area (Å²) >= 11 is 9.26. The quantitative estimate of drug-likeness (QED) is 0.248. The van der Waals surface area contributed by atoms with Crippen molar-refractivity contribution in [2.24, 2.45) is 29.6 Å². The summed E-state index contributed by atoms with van der Waals surface area (Å²) in [5, 5.41) is 4.00. The molecule has 7 atom stereocenters. The summed E-state index contributed by atoms with van der Waals surface area (Å²) in [6.45, 7) is -0.244. The molecule has 2 aliphatic heterocycles. The summed E-state index contributed by atoms with van der Waals surface area (Å²) in [5.74, 6) is -2.49. The van der Waals surface area contributed by atoms with Crippen LogP contribution in [0.1, 0.15) is 22.8 Å². The molecule has 0 spiro atoms. The van der Waals surface area contributed by atoms with Crippen molar-refractivity contribution in [3.05, 3.63) is 104 Å². The van der Waals surface area contributed by atoms with Crippen molar-refractivity contribution < 1.29 is 23.5 Å². The summed E-state index contributed by atoms with van der Waals surface area (Å²) in [4.78, 5) is 58.1. The number of imide groups is 1. The summed E-state index contributed by atoms with van der Waals surface area (Å²) in [6, 6.07) is 19.8. The Balaban J connectivity index is 1.15. The van der Waals surface area contributed by atoms with E-state index in [0.29, 0.717) is 28.6 Å². The van der Waals surface area contributed by atoms with Crippen LogP contribution in [0.4, 0.5) is 15.8 Å². The molecule has 228 valence electrons. The second-order valence-electron chi connectivity index (χ2n) is 11.8. The Bertz CT molecular complexity index is 1920. The number of ether oxygens (including phenoxy) is 1. The number of fused-ring (bicyclic) bond motifs is 9. The van der Waals surface area contributed by atoms with Crippen LogP contribution in [0, 0.1) is 35.4 Å². The molecule has 45 heavy (non-hydrogen) atoms. The van der Waals surface area contributed by atoms with Crippen molar-refractivity contribution in [2.75, 3.05) is 16.8 Å². The Morgan fingerprint density at radius 3 is 2.49 bits per heavy atom. The van der Waals surface area contributed by atoms with E-state index in [2.05, 4.69) is 10.3 Å². The average Bonchev–Trinajstić information content (AvgIpc) is 3.76. The van der Waals surface area contributed by atoms with Crippen molar-refractivity contribution in [2.45, 2.75) is 22.6 Å². The van der Waals surface area contributed by atoms with Crippen molar-refractivity contribution in [3.8, 4) is 5.75 Å². The molecule has 6 unspecified atom stereocenters. The van der Waals surface area contributed by atoms with Crippen LogP contribution in [0.2, 0.25) is 5.02 Å². The van der Waals surface area contributed by atoms with Gasteiger partial charge in [-0.3, -0.25) is 24.1 Å². The van der Waals surface area contributed by atoms with E-state index < -0.39 is 17.7 Å². The molecule has 3 amide bonds. The van der Waals surface area contributed by atoms with E-state index in [0.717, 1.165) is 26.8 Å². The molecule has 12 heteroatoms. The maximum absolute atomic E-state index is 13.9. The summed E-state index contributed by atoms with van der Waals surface area (Å²) in [7, 11) is 0. The van der Waals surface area contributed by atoms with Crippen LogP contribution in [-0.2, 0) is 14.4 Å². The highest BCUT2D eigenvalue weighted by molar-refractivity contribution is 8.00. The number of nitrogens with one attached hydrogen (secondary N) is 2. The molecule has 3 fully saturated rings. The Labute approximate surface area is 269 Å². The van der Waals surface area contributed by atoms with Gasteiger partial charge < -0.3 is 15.0 Å². The van der Waals surface area contributed by atoms with Crippen LogP contribution >= 0.6 is 34.7 Å². The van der Waals surface area contributed by atoms with Gasteiger partial charge in [0.15, 0.2) is 6.61 Å². The van der Waals surface area contributed by atoms with Crippen LogP contribution < -0.4 is 19.8 Å². The molecular weight excluding hydrogens is 637 g/mol. The largest absolute Gasteiger partial charge is 0.483 e. The number of para-hydroxylation sites is 1. The first-order chi connectivity index (χ1) is 21.8. The van der Waals surface area contributed by atoms with Gasteiger partial charge in [-0.15, -0.1) is 11.8 Å². The van der Waals surface area contributed by atoms with E-state index in [9.17, 15) is 23.6 Å². The monoisotopic (exact) mass is 661 g/mol. The number of carbonyl (C=O) groups is 3. The molecule has 1 aromatic heterocycles. The minimum Gasteiger partial charge on any atom is -0.483 e. The SMILES string of the molecule is O=C(COc1ccc(Cl)cc1[C@H]1c2sc(=O)[nH]c2SC2C3CC(C4C(=O)N(c5ccc(F)cc5)C(=O)C34)C21)Nc1ccccc1. The second kappa shape index (κ2) is 10.9. The molecule has 0 radical (unpaired) electrons. The lowest BCUT2D eigenvalue weighted by Gasteiger charge is -2.43. The van der Waals surface area contributed by atoms with Crippen LogP contribution in [0.25, 0.3) is 0 Å². The number of nitrogens with zero attached hydrogens (tertiary/aromatic N) is 1. The second-order valence-corrected chi connectivity index (χ2v) is 14.5. The lowest BCUT2D eigenvalue weighted by atomic mass is 9.68. The van der Waals surface area contributed by atoms with Gasteiger partial charge in [0.2, 0.25) is 11.8 Å². The van der Waals surface area contributed by atoms with Gasteiger partial charge in [0, 0.05) is 32.3 Å². The summed E-state index contributed by atoms with van der Waals surface area (Å²) in [6.07, 6.45) is 0.707. The number of aromatic nitrogens is 1. The summed E-state index contributed by atoms with van der Waals surface area (Å²) < 4.78 is 19.8. The molecule has 8 nitrogen and oxygen atoms in total. The lowest BCUT2D eigenvalue weighted by Crippen LogP contribution is -2.42. The lowest BCUT2D eigenvalue weighted by molar-refractivity contribution is -0.123.